The molecule has 0 aliphatic rings. The van der Waals surface area contributed by atoms with Crippen LogP contribution in [0.15, 0.2) is 24.4 Å². The van der Waals surface area contributed by atoms with Crippen LogP contribution in [0.25, 0.3) is 11.0 Å². The van der Waals surface area contributed by atoms with Gasteiger partial charge >= 0.3 is 0 Å². The third-order valence-electron chi connectivity index (χ3n) is 2.76. The number of anilines is 1. The summed E-state index contributed by atoms with van der Waals surface area (Å²) in [5.74, 6) is 0.127. The highest BCUT2D eigenvalue weighted by Gasteiger charge is 2.16. The van der Waals surface area contributed by atoms with E-state index in [4.69, 9.17) is 5.73 Å². The fourth-order valence-corrected chi connectivity index (χ4v) is 1.83. The molecule has 1 amide bonds. The van der Waals surface area contributed by atoms with Crippen LogP contribution in [0, 0.1) is 0 Å². The molecule has 2 rings (SSSR count). The van der Waals surface area contributed by atoms with Gasteiger partial charge in [-0.15, -0.1) is 0 Å². The van der Waals surface area contributed by atoms with Gasteiger partial charge in [-0.05, 0) is 24.6 Å². The number of hydrogen-bond donors (Lipinski definition) is 1. The smallest absolute Gasteiger partial charge is 0.257 e. The molecule has 0 fully saturated rings. The van der Waals surface area contributed by atoms with Gasteiger partial charge in [0, 0.05) is 25.2 Å². The summed E-state index contributed by atoms with van der Waals surface area (Å²) < 4.78 is 0. The average Bonchev–Trinajstić information content (AvgIpc) is 2.37. The van der Waals surface area contributed by atoms with E-state index in [1.54, 1.807) is 24.2 Å². The van der Waals surface area contributed by atoms with E-state index < -0.39 is 0 Å². The van der Waals surface area contributed by atoms with Crippen molar-refractivity contribution in [2.75, 3.05) is 19.3 Å². The Morgan fingerprint density at radius 1 is 1.50 bits per heavy atom. The fraction of sp³-hybridized carbons (Fsp3) is 0.308. The van der Waals surface area contributed by atoms with Gasteiger partial charge in [0.1, 0.15) is 5.82 Å². The third-order valence-corrected chi connectivity index (χ3v) is 2.76. The second-order valence-electron chi connectivity index (χ2n) is 4.20. The molecule has 2 aromatic rings. The zero-order valence-electron chi connectivity index (χ0n) is 10.6. The molecule has 0 aliphatic heterocycles. The quantitative estimate of drug-likeness (QED) is 0.891. The topological polar surface area (TPSA) is 72.1 Å². The van der Waals surface area contributed by atoms with Crippen molar-refractivity contribution in [1.29, 1.82) is 0 Å². The standard InChI is InChI=1S/C13H16N4O/c1-3-7-17(2)13(18)10-8-9-5-4-6-15-12(9)16-11(10)14/h4-6,8H,3,7H2,1-2H3,(H2,14,15,16). The maximum absolute atomic E-state index is 12.2. The van der Waals surface area contributed by atoms with Crippen LogP contribution < -0.4 is 5.73 Å². The Morgan fingerprint density at radius 2 is 2.28 bits per heavy atom. The van der Waals surface area contributed by atoms with Gasteiger partial charge in [-0.1, -0.05) is 6.92 Å². The van der Waals surface area contributed by atoms with Crippen molar-refractivity contribution in [2.24, 2.45) is 0 Å². The minimum Gasteiger partial charge on any atom is -0.383 e. The molecule has 5 heteroatoms. The van der Waals surface area contributed by atoms with Gasteiger partial charge in [-0.2, -0.15) is 0 Å². The highest BCUT2D eigenvalue weighted by molar-refractivity contribution is 6.01. The first-order valence-electron chi connectivity index (χ1n) is 5.90. The molecular formula is C13H16N4O. The van der Waals surface area contributed by atoms with Gasteiger partial charge < -0.3 is 10.6 Å². The summed E-state index contributed by atoms with van der Waals surface area (Å²) in [7, 11) is 1.76. The van der Waals surface area contributed by atoms with Crippen LogP contribution in [-0.4, -0.2) is 34.4 Å². The molecule has 0 aliphatic carbocycles. The second-order valence-corrected chi connectivity index (χ2v) is 4.20. The Morgan fingerprint density at radius 3 is 3.00 bits per heavy atom. The number of amides is 1. The summed E-state index contributed by atoms with van der Waals surface area (Å²) in [5.41, 5.74) is 6.82. The van der Waals surface area contributed by atoms with Gasteiger partial charge in [-0.25, -0.2) is 9.97 Å². The number of nitrogens with zero attached hydrogens (tertiary/aromatic N) is 3. The van der Waals surface area contributed by atoms with Crippen molar-refractivity contribution in [3.8, 4) is 0 Å². The minimum atomic E-state index is -0.104. The Bertz CT molecular complexity index is 582. The van der Waals surface area contributed by atoms with Gasteiger partial charge in [0.2, 0.25) is 0 Å². The van der Waals surface area contributed by atoms with Crippen molar-refractivity contribution in [3.05, 3.63) is 30.0 Å². The molecule has 0 bridgehead atoms. The Labute approximate surface area is 106 Å². The molecule has 2 heterocycles. The summed E-state index contributed by atoms with van der Waals surface area (Å²) >= 11 is 0. The third kappa shape index (κ3) is 2.25. The molecule has 0 aromatic carbocycles. The molecular weight excluding hydrogens is 228 g/mol. The van der Waals surface area contributed by atoms with Crippen LogP contribution in [0.4, 0.5) is 5.82 Å². The van der Waals surface area contributed by atoms with Crippen LogP contribution in [0.2, 0.25) is 0 Å². The predicted molar refractivity (Wildman–Crippen MR) is 71.2 cm³/mol. The Hall–Kier alpha value is -2.17. The van der Waals surface area contributed by atoms with Gasteiger partial charge in [0.05, 0.1) is 5.56 Å². The lowest BCUT2D eigenvalue weighted by Crippen LogP contribution is -2.28. The largest absolute Gasteiger partial charge is 0.383 e. The van der Waals surface area contributed by atoms with Crippen LogP contribution in [0.1, 0.15) is 23.7 Å². The highest BCUT2D eigenvalue weighted by Crippen LogP contribution is 2.18. The fourth-order valence-electron chi connectivity index (χ4n) is 1.83. The van der Waals surface area contributed by atoms with Gasteiger partial charge in [0.15, 0.2) is 5.65 Å². The number of carbonyl (C=O) groups is 1. The summed E-state index contributed by atoms with van der Waals surface area (Å²) in [6, 6.07) is 5.43. The van der Waals surface area contributed by atoms with Gasteiger partial charge in [0.25, 0.3) is 5.91 Å². The van der Waals surface area contributed by atoms with E-state index in [9.17, 15) is 4.79 Å². The molecule has 0 unspecified atom stereocenters. The molecule has 0 radical (unpaired) electrons. The lowest BCUT2D eigenvalue weighted by molar-refractivity contribution is 0.0796. The first-order valence-corrected chi connectivity index (χ1v) is 5.90. The molecule has 0 saturated heterocycles. The van der Waals surface area contributed by atoms with Crippen molar-refractivity contribution in [2.45, 2.75) is 13.3 Å². The van der Waals surface area contributed by atoms with E-state index in [1.165, 1.54) is 0 Å². The first-order chi connectivity index (χ1) is 8.63. The number of aromatic nitrogens is 2. The SMILES string of the molecule is CCCN(C)C(=O)c1cc2cccnc2nc1N. The Balaban J connectivity index is 2.44. The predicted octanol–water partition coefficient (Wildman–Crippen LogP) is 1.69. The summed E-state index contributed by atoms with van der Waals surface area (Å²) in [5, 5.41) is 0.819. The normalized spacial score (nSPS) is 10.6. The van der Waals surface area contributed by atoms with Crippen LogP contribution >= 0.6 is 0 Å². The molecule has 0 spiro atoms. The maximum atomic E-state index is 12.2. The first kappa shape index (κ1) is 12.3. The van der Waals surface area contributed by atoms with Crippen LogP contribution in [0.3, 0.4) is 0 Å². The number of fused-ring (bicyclic) bond motifs is 1. The molecule has 94 valence electrons. The molecule has 18 heavy (non-hydrogen) atoms. The van der Waals surface area contributed by atoms with E-state index in [-0.39, 0.29) is 11.7 Å². The van der Waals surface area contributed by atoms with E-state index in [1.807, 2.05) is 19.1 Å². The van der Waals surface area contributed by atoms with E-state index in [2.05, 4.69) is 9.97 Å². The molecule has 2 N–H and O–H groups in total. The van der Waals surface area contributed by atoms with Crippen LogP contribution in [-0.2, 0) is 0 Å². The van der Waals surface area contributed by atoms with Gasteiger partial charge in [-0.3, -0.25) is 4.79 Å². The van der Waals surface area contributed by atoms with Crippen molar-refractivity contribution >= 4 is 22.8 Å². The number of hydrogen-bond acceptors (Lipinski definition) is 4. The molecule has 0 saturated carbocycles. The maximum Gasteiger partial charge on any atom is 0.257 e. The zero-order chi connectivity index (χ0) is 13.1. The van der Waals surface area contributed by atoms with Crippen molar-refractivity contribution in [3.63, 3.8) is 0 Å². The van der Waals surface area contributed by atoms with Crippen LogP contribution in [0.5, 0.6) is 0 Å². The minimum absolute atomic E-state index is 0.104. The van der Waals surface area contributed by atoms with E-state index in [0.717, 1.165) is 11.8 Å². The number of nitrogens with two attached hydrogens (primary N) is 1. The monoisotopic (exact) mass is 244 g/mol. The van der Waals surface area contributed by atoms with E-state index in [0.29, 0.717) is 17.8 Å². The number of nitrogen functional groups attached to an aromatic ring is 1. The summed E-state index contributed by atoms with van der Waals surface area (Å²) in [6.45, 7) is 2.72. The number of rotatable bonds is 3. The summed E-state index contributed by atoms with van der Waals surface area (Å²) in [4.78, 5) is 22.1. The lowest BCUT2D eigenvalue weighted by atomic mass is 10.1. The number of pyridine rings is 2. The van der Waals surface area contributed by atoms with E-state index >= 15 is 0 Å². The highest BCUT2D eigenvalue weighted by atomic mass is 16.2. The Kier molecular flexibility index (Phi) is 3.41. The second kappa shape index (κ2) is 5.00. The molecule has 0 atom stereocenters. The zero-order valence-corrected chi connectivity index (χ0v) is 10.6. The summed E-state index contributed by atoms with van der Waals surface area (Å²) in [6.07, 6.45) is 2.56. The van der Waals surface area contributed by atoms with Crippen molar-refractivity contribution < 1.29 is 4.79 Å². The number of carbonyl (C=O) groups excluding carboxylic acids is 1. The van der Waals surface area contributed by atoms with Crippen molar-refractivity contribution in [1.82, 2.24) is 14.9 Å². The average molecular weight is 244 g/mol. The molecule has 5 nitrogen and oxygen atoms in total. The molecule has 2 aromatic heterocycles. The lowest BCUT2D eigenvalue weighted by Gasteiger charge is -2.17.